The van der Waals surface area contributed by atoms with Crippen molar-refractivity contribution >= 4 is 8.41 Å². The van der Waals surface area contributed by atoms with Crippen LogP contribution in [0.2, 0.25) is 0 Å². The van der Waals surface area contributed by atoms with Gasteiger partial charge in [-0.1, -0.05) is 0 Å². The molecule has 0 radical (unpaired) electrons. The van der Waals surface area contributed by atoms with Gasteiger partial charge in [-0.25, -0.2) is 0 Å². The van der Waals surface area contributed by atoms with Gasteiger partial charge in [0.1, 0.15) is 19.8 Å². The van der Waals surface area contributed by atoms with Crippen LogP contribution in [0.1, 0.15) is 20.8 Å². The highest BCUT2D eigenvalue weighted by Gasteiger charge is 1.94. The summed E-state index contributed by atoms with van der Waals surface area (Å²) in [6, 6.07) is 0. The summed E-state index contributed by atoms with van der Waals surface area (Å²) in [5.41, 5.74) is 0. The van der Waals surface area contributed by atoms with Crippen molar-refractivity contribution in [2.75, 3.05) is 19.8 Å². The quantitative estimate of drug-likeness (QED) is 0.372. The first kappa shape index (κ1) is 10.9. The van der Waals surface area contributed by atoms with Gasteiger partial charge in [0.05, 0.1) is 8.41 Å². The molecule has 0 N–H and O–H groups in total. The molecule has 0 fully saturated rings. The number of hydrogen-bond acceptors (Lipinski definition) is 0. The van der Waals surface area contributed by atoms with E-state index in [2.05, 4.69) is 25.1 Å². The van der Waals surface area contributed by atoms with E-state index in [4.69, 9.17) is 0 Å². The van der Waals surface area contributed by atoms with Gasteiger partial charge in [-0.15, -0.1) is 0 Å². The average Bonchev–Trinajstić information content (AvgIpc) is 1.72. The highest BCUT2D eigenvalue weighted by atomic mass is 16.7. The molecule has 0 aromatic rings. The zero-order chi connectivity index (χ0) is 5.70. The van der Waals surface area contributed by atoms with E-state index in [-0.39, 0.29) is 8.41 Å². The molecule has 0 aromatic carbocycles. The van der Waals surface area contributed by atoms with E-state index in [0.29, 0.717) is 0 Å². The standard InChI is InChI=1S/C6H15O.BH3/c1-4-7(5-2)6-3;/h4-6H2,1-3H3;1H3/q+1;. The van der Waals surface area contributed by atoms with Gasteiger partial charge in [0.2, 0.25) is 0 Å². The molecule has 0 unspecified atom stereocenters. The van der Waals surface area contributed by atoms with Crippen molar-refractivity contribution in [1.29, 1.82) is 0 Å². The van der Waals surface area contributed by atoms with Gasteiger partial charge in [0.25, 0.3) is 0 Å². The van der Waals surface area contributed by atoms with Crippen LogP contribution in [-0.2, 0) is 4.37 Å². The van der Waals surface area contributed by atoms with E-state index >= 15 is 0 Å². The first-order valence-corrected chi connectivity index (χ1v) is 2.99. The minimum Gasteiger partial charge on any atom is -0.422 e. The van der Waals surface area contributed by atoms with E-state index in [9.17, 15) is 0 Å². The first-order valence-electron chi connectivity index (χ1n) is 2.99. The van der Waals surface area contributed by atoms with Gasteiger partial charge in [0, 0.05) is 20.8 Å². The summed E-state index contributed by atoms with van der Waals surface area (Å²) < 4.78 is 3.07. The molecule has 1 nitrogen and oxygen atoms in total. The van der Waals surface area contributed by atoms with Crippen molar-refractivity contribution in [3.05, 3.63) is 0 Å². The third-order valence-corrected chi connectivity index (χ3v) is 1.22. The Morgan fingerprint density at radius 2 is 1.12 bits per heavy atom. The average molecular weight is 117 g/mol. The maximum Gasteiger partial charge on any atom is 0.142 e. The van der Waals surface area contributed by atoms with Crippen molar-refractivity contribution < 1.29 is 4.37 Å². The number of hydrogen-bond donors (Lipinski definition) is 0. The van der Waals surface area contributed by atoms with Crippen LogP contribution in [-0.4, -0.2) is 28.2 Å². The molecule has 0 spiro atoms. The van der Waals surface area contributed by atoms with E-state index < -0.39 is 0 Å². The Bertz CT molecular complexity index is 30.0. The smallest absolute Gasteiger partial charge is 0.142 e. The molecule has 0 saturated carbocycles. The lowest BCUT2D eigenvalue weighted by molar-refractivity contribution is -0.119. The lowest BCUT2D eigenvalue weighted by atomic mass is 10.7. The van der Waals surface area contributed by atoms with Crippen LogP contribution >= 0.6 is 0 Å². The van der Waals surface area contributed by atoms with Crippen LogP contribution in [0.4, 0.5) is 0 Å². The monoisotopic (exact) mass is 117 g/mol. The van der Waals surface area contributed by atoms with Crippen molar-refractivity contribution in [1.82, 2.24) is 0 Å². The lowest BCUT2D eigenvalue weighted by Crippen LogP contribution is -2.11. The fourth-order valence-corrected chi connectivity index (χ4v) is 0.612. The fraction of sp³-hybridized carbons (Fsp3) is 1.00. The van der Waals surface area contributed by atoms with Crippen molar-refractivity contribution in [3.8, 4) is 0 Å². The van der Waals surface area contributed by atoms with Gasteiger partial charge < -0.3 is 4.37 Å². The van der Waals surface area contributed by atoms with E-state index in [1.807, 2.05) is 0 Å². The Hall–Kier alpha value is 0.0249. The Labute approximate surface area is 54.3 Å². The topological polar surface area (TPSA) is 2.70 Å². The summed E-state index contributed by atoms with van der Waals surface area (Å²) in [4.78, 5) is 0. The zero-order valence-corrected chi connectivity index (χ0v) is 5.53. The normalized spacial score (nSPS) is 9.00. The largest absolute Gasteiger partial charge is 0.422 e. The zero-order valence-electron chi connectivity index (χ0n) is 5.53. The molecular formula is C6H18BO+. The highest BCUT2D eigenvalue weighted by Crippen LogP contribution is 1.90. The molecule has 0 aromatic heterocycles. The molecule has 0 aliphatic heterocycles. The Morgan fingerprint density at radius 3 is 1.12 bits per heavy atom. The molecule has 2 heteroatoms. The predicted octanol–water partition coefficient (Wildman–Crippen LogP) is 0.414. The minimum atomic E-state index is 0. The summed E-state index contributed by atoms with van der Waals surface area (Å²) in [5.74, 6) is 0. The molecule has 0 saturated heterocycles. The second-order valence-electron chi connectivity index (χ2n) is 1.48. The molecule has 0 heterocycles. The molecule has 50 valence electrons. The maximum absolute atomic E-state index is 3.07. The minimum absolute atomic E-state index is 0. The fourth-order valence-electron chi connectivity index (χ4n) is 0.612. The van der Waals surface area contributed by atoms with Crippen LogP contribution < -0.4 is 0 Å². The van der Waals surface area contributed by atoms with Gasteiger partial charge in [0.15, 0.2) is 0 Å². The molecule has 0 amide bonds. The second kappa shape index (κ2) is 7.02. The summed E-state index contributed by atoms with van der Waals surface area (Å²) >= 11 is 0. The maximum atomic E-state index is 3.07. The lowest BCUT2D eigenvalue weighted by Gasteiger charge is -2.11. The highest BCUT2D eigenvalue weighted by molar-refractivity contribution is 5.75. The summed E-state index contributed by atoms with van der Waals surface area (Å²) in [7, 11) is 0. The Morgan fingerprint density at radius 1 is 0.875 bits per heavy atom. The third kappa shape index (κ3) is 4.19. The van der Waals surface area contributed by atoms with E-state index in [1.54, 1.807) is 0 Å². The molecule has 0 atom stereocenters. The SMILES string of the molecule is B.CC[O+](CC)CC. The summed E-state index contributed by atoms with van der Waals surface area (Å²) in [6.07, 6.45) is 0. The second-order valence-corrected chi connectivity index (χ2v) is 1.48. The summed E-state index contributed by atoms with van der Waals surface area (Å²) in [5, 5.41) is 0. The molecule has 0 aliphatic rings. The molecule has 0 rings (SSSR count). The van der Waals surface area contributed by atoms with Crippen LogP contribution in [0.5, 0.6) is 0 Å². The summed E-state index contributed by atoms with van der Waals surface area (Å²) in [6.45, 7) is 9.76. The van der Waals surface area contributed by atoms with Gasteiger partial charge in [-0.3, -0.25) is 0 Å². The number of rotatable bonds is 3. The third-order valence-electron chi connectivity index (χ3n) is 1.22. The van der Waals surface area contributed by atoms with Gasteiger partial charge in [-0.05, 0) is 0 Å². The van der Waals surface area contributed by atoms with E-state index in [1.165, 1.54) is 0 Å². The van der Waals surface area contributed by atoms with Gasteiger partial charge >= 0.3 is 0 Å². The van der Waals surface area contributed by atoms with Crippen LogP contribution in [0.15, 0.2) is 0 Å². The van der Waals surface area contributed by atoms with Gasteiger partial charge in [-0.2, -0.15) is 0 Å². The van der Waals surface area contributed by atoms with Crippen LogP contribution in [0, 0.1) is 0 Å². The molecular weight excluding hydrogens is 98.9 g/mol. The molecule has 8 heavy (non-hydrogen) atoms. The Kier molecular flexibility index (Phi) is 9.58. The van der Waals surface area contributed by atoms with Crippen molar-refractivity contribution in [3.63, 3.8) is 0 Å². The molecule has 0 bridgehead atoms. The van der Waals surface area contributed by atoms with Crippen LogP contribution in [0.25, 0.3) is 0 Å². The predicted molar refractivity (Wildman–Crippen MR) is 42.6 cm³/mol. The molecule has 0 aliphatic carbocycles. The Balaban J connectivity index is 0. The van der Waals surface area contributed by atoms with Crippen molar-refractivity contribution in [2.24, 2.45) is 0 Å². The van der Waals surface area contributed by atoms with Crippen molar-refractivity contribution in [2.45, 2.75) is 20.8 Å². The van der Waals surface area contributed by atoms with E-state index in [0.717, 1.165) is 19.8 Å². The first-order chi connectivity index (χ1) is 3.35. The van der Waals surface area contributed by atoms with Crippen LogP contribution in [0.3, 0.4) is 0 Å².